The van der Waals surface area contributed by atoms with Gasteiger partial charge in [0.2, 0.25) is 5.91 Å². The first-order valence-electron chi connectivity index (χ1n) is 7.74. The maximum Gasteiger partial charge on any atom is 0.229 e. The van der Waals surface area contributed by atoms with E-state index < -0.39 is 0 Å². The van der Waals surface area contributed by atoms with E-state index in [9.17, 15) is 4.79 Å². The summed E-state index contributed by atoms with van der Waals surface area (Å²) < 4.78 is 5.80. The molecular weight excluding hydrogens is 264 g/mol. The monoisotopic (exact) mass is 290 g/mol. The van der Waals surface area contributed by atoms with Gasteiger partial charge in [-0.05, 0) is 51.4 Å². The largest absolute Gasteiger partial charge is 0.378 e. The molecule has 0 atom stereocenters. The summed E-state index contributed by atoms with van der Waals surface area (Å²) in [5.74, 6) is 0.107. The molecule has 0 bridgehead atoms. The van der Waals surface area contributed by atoms with Gasteiger partial charge in [0.15, 0.2) is 0 Å². The summed E-state index contributed by atoms with van der Waals surface area (Å²) in [5, 5.41) is 3.31. The van der Waals surface area contributed by atoms with Gasteiger partial charge < -0.3 is 15.0 Å². The minimum absolute atomic E-state index is 0.107. The lowest BCUT2D eigenvalue weighted by molar-refractivity contribution is -0.120. The number of anilines is 1. The minimum Gasteiger partial charge on any atom is -0.378 e. The second-order valence-electron chi connectivity index (χ2n) is 5.81. The van der Waals surface area contributed by atoms with Gasteiger partial charge in [-0.3, -0.25) is 4.79 Å². The molecule has 1 aliphatic rings. The van der Waals surface area contributed by atoms with Crippen LogP contribution in [0, 0.1) is 13.8 Å². The summed E-state index contributed by atoms with van der Waals surface area (Å²) in [6, 6.07) is 6.15. The fourth-order valence-corrected chi connectivity index (χ4v) is 2.76. The van der Waals surface area contributed by atoms with Crippen molar-refractivity contribution < 1.29 is 9.53 Å². The van der Waals surface area contributed by atoms with Crippen molar-refractivity contribution in [2.24, 2.45) is 0 Å². The highest BCUT2D eigenvalue weighted by atomic mass is 16.5. The molecule has 1 aromatic rings. The third-order valence-corrected chi connectivity index (χ3v) is 4.04. The van der Waals surface area contributed by atoms with Crippen molar-refractivity contribution in [1.29, 1.82) is 0 Å². The predicted octanol–water partition coefficient (Wildman–Crippen LogP) is 2.42. The Morgan fingerprint density at radius 3 is 2.71 bits per heavy atom. The van der Waals surface area contributed by atoms with Crippen LogP contribution in [0.4, 0.5) is 5.69 Å². The van der Waals surface area contributed by atoms with Gasteiger partial charge in [0.05, 0.1) is 19.1 Å². The van der Waals surface area contributed by atoms with Crippen molar-refractivity contribution in [2.75, 3.05) is 31.6 Å². The second-order valence-corrected chi connectivity index (χ2v) is 5.81. The molecule has 1 aliphatic heterocycles. The fraction of sp³-hybridized carbons (Fsp3) is 0.588. The highest BCUT2D eigenvalue weighted by Crippen LogP contribution is 2.20. The number of piperidine rings is 1. The van der Waals surface area contributed by atoms with Crippen LogP contribution in [0.15, 0.2) is 18.2 Å². The summed E-state index contributed by atoms with van der Waals surface area (Å²) in [4.78, 5) is 14.0. The topological polar surface area (TPSA) is 41.6 Å². The summed E-state index contributed by atoms with van der Waals surface area (Å²) in [7, 11) is 1.84. The van der Waals surface area contributed by atoms with E-state index in [1.165, 1.54) is 5.56 Å². The van der Waals surface area contributed by atoms with Gasteiger partial charge in [-0.2, -0.15) is 0 Å². The molecule has 0 spiro atoms. The molecule has 1 amide bonds. The van der Waals surface area contributed by atoms with E-state index in [1.807, 2.05) is 26.1 Å². The zero-order chi connectivity index (χ0) is 15.2. The first-order chi connectivity index (χ1) is 10.1. The Kier molecular flexibility index (Phi) is 5.76. The van der Waals surface area contributed by atoms with Gasteiger partial charge >= 0.3 is 0 Å². The lowest BCUT2D eigenvalue weighted by atomic mass is 10.1. The van der Waals surface area contributed by atoms with Gasteiger partial charge in [0.25, 0.3) is 0 Å². The molecule has 0 aliphatic carbocycles. The molecule has 1 fully saturated rings. The van der Waals surface area contributed by atoms with Crippen LogP contribution in [-0.2, 0) is 9.53 Å². The van der Waals surface area contributed by atoms with Gasteiger partial charge in [-0.1, -0.05) is 17.7 Å². The highest BCUT2D eigenvalue weighted by molar-refractivity contribution is 5.93. The van der Waals surface area contributed by atoms with Crippen molar-refractivity contribution >= 4 is 11.6 Å². The third-order valence-electron chi connectivity index (χ3n) is 4.04. The Morgan fingerprint density at radius 1 is 1.33 bits per heavy atom. The van der Waals surface area contributed by atoms with Crippen LogP contribution in [0.1, 0.15) is 30.4 Å². The number of amides is 1. The molecule has 1 saturated heterocycles. The first kappa shape index (κ1) is 16.0. The van der Waals surface area contributed by atoms with Crippen LogP contribution in [0.5, 0.6) is 0 Å². The van der Waals surface area contributed by atoms with E-state index in [2.05, 4.69) is 18.3 Å². The zero-order valence-corrected chi connectivity index (χ0v) is 13.3. The molecule has 1 aromatic carbocycles. The molecule has 21 heavy (non-hydrogen) atoms. The third kappa shape index (κ3) is 4.55. The predicted molar refractivity (Wildman–Crippen MR) is 85.8 cm³/mol. The maximum absolute atomic E-state index is 12.3. The summed E-state index contributed by atoms with van der Waals surface area (Å²) in [6.45, 7) is 6.64. The van der Waals surface area contributed by atoms with Crippen LogP contribution in [0.2, 0.25) is 0 Å². The van der Waals surface area contributed by atoms with Crippen molar-refractivity contribution in [3.63, 3.8) is 0 Å². The Labute approximate surface area is 127 Å². The van der Waals surface area contributed by atoms with Crippen molar-refractivity contribution in [1.82, 2.24) is 5.32 Å². The van der Waals surface area contributed by atoms with E-state index in [0.717, 1.165) is 37.2 Å². The molecule has 4 nitrogen and oxygen atoms in total. The summed E-state index contributed by atoms with van der Waals surface area (Å²) in [6.07, 6.45) is 2.83. The molecule has 0 saturated carbocycles. The van der Waals surface area contributed by atoms with Gasteiger partial charge in [-0.15, -0.1) is 0 Å². The Hall–Kier alpha value is -1.39. The van der Waals surface area contributed by atoms with Crippen molar-refractivity contribution in [3.8, 4) is 0 Å². The van der Waals surface area contributed by atoms with Crippen molar-refractivity contribution in [2.45, 2.75) is 39.2 Å². The first-order valence-corrected chi connectivity index (χ1v) is 7.74. The summed E-state index contributed by atoms with van der Waals surface area (Å²) in [5.41, 5.74) is 3.32. The SMILES string of the molecule is Cc1ccc(N(C)C(=O)CCOC2CCNCC2)c(C)c1. The van der Waals surface area contributed by atoms with Crippen LogP contribution in [0.25, 0.3) is 0 Å². The molecule has 2 rings (SSSR count). The van der Waals surface area contributed by atoms with Crippen LogP contribution in [0.3, 0.4) is 0 Å². The molecule has 0 unspecified atom stereocenters. The lowest BCUT2D eigenvalue weighted by Crippen LogP contribution is -2.33. The number of ether oxygens (including phenoxy) is 1. The van der Waals surface area contributed by atoms with E-state index in [0.29, 0.717) is 19.1 Å². The van der Waals surface area contributed by atoms with E-state index in [-0.39, 0.29) is 5.91 Å². The molecule has 116 valence electrons. The number of nitrogens with one attached hydrogen (secondary N) is 1. The molecule has 1 N–H and O–H groups in total. The van der Waals surface area contributed by atoms with E-state index in [4.69, 9.17) is 4.74 Å². The average Bonchev–Trinajstić information content (AvgIpc) is 2.47. The Balaban J connectivity index is 1.81. The van der Waals surface area contributed by atoms with Gasteiger partial charge in [0, 0.05) is 12.7 Å². The number of benzene rings is 1. The lowest BCUT2D eigenvalue weighted by Gasteiger charge is -2.24. The number of hydrogen-bond acceptors (Lipinski definition) is 3. The van der Waals surface area contributed by atoms with Gasteiger partial charge in [0.1, 0.15) is 0 Å². The number of rotatable bonds is 5. The second kappa shape index (κ2) is 7.57. The molecular formula is C17H26N2O2. The highest BCUT2D eigenvalue weighted by Gasteiger charge is 2.16. The number of carbonyl (C=O) groups excluding carboxylic acids is 1. The number of carbonyl (C=O) groups is 1. The number of hydrogen-bond donors (Lipinski definition) is 1. The van der Waals surface area contributed by atoms with E-state index >= 15 is 0 Å². The van der Waals surface area contributed by atoms with Gasteiger partial charge in [-0.25, -0.2) is 0 Å². The molecule has 0 radical (unpaired) electrons. The molecule has 4 heteroatoms. The van der Waals surface area contributed by atoms with Crippen molar-refractivity contribution in [3.05, 3.63) is 29.3 Å². The van der Waals surface area contributed by atoms with E-state index in [1.54, 1.807) is 4.90 Å². The number of aryl methyl sites for hydroxylation is 2. The molecule has 0 aromatic heterocycles. The number of nitrogens with zero attached hydrogens (tertiary/aromatic N) is 1. The maximum atomic E-state index is 12.3. The fourth-order valence-electron chi connectivity index (χ4n) is 2.76. The Morgan fingerprint density at radius 2 is 2.05 bits per heavy atom. The average molecular weight is 290 g/mol. The quantitative estimate of drug-likeness (QED) is 0.905. The molecule has 1 heterocycles. The Bertz CT molecular complexity index is 482. The minimum atomic E-state index is 0.107. The normalized spacial score (nSPS) is 16.0. The van der Waals surface area contributed by atoms with Crippen LogP contribution in [-0.4, -0.2) is 38.8 Å². The van der Waals surface area contributed by atoms with Crippen LogP contribution >= 0.6 is 0 Å². The standard InChI is InChI=1S/C17H26N2O2/c1-13-4-5-16(14(2)12-13)19(3)17(20)8-11-21-15-6-9-18-10-7-15/h4-5,12,15,18H,6-11H2,1-3H3. The van der Waals surface area contributed by atoms with Crippen LogP contribution < -0.4 is 10.2 Å². The smallest absolute Gasteiger partial charge is 0.229 e. The summed E-state index contributed by atoms with van der Waals surface area (Å²) >= 11 is 0. The zero-order valence-electron chi connectivity index (χ0n) is 13.3.